The van der Waals surface area contributed by atoms with Crippen LogP contribution >= 0.6 is 0 Å². The molecule has 2 heterocycles. The van der Waals surface area contributed by atoms with Gasteiger partial charge in [-0.3, -0.25) is 0 Å². The van der Waals surface area contributed by atoms with Gasteiger partial charge in [-0.1, -0.05) is 43.5 Å². The molecule has 0 bridgehead atoms. The van der Waals surface area contributed by atoms with Crippen molar-refractivity contribution in [3.8, 4) is 11.3 Å². The molecule has 0 radical (unpaired) electrons. The fourth-order valence-corrected chi connectivity index (χ4v) is 5.99. The summed E-state index contributed by atoms with van der Waals surface area (Å²) in [5, 5.41) is -0.152. The van der Waals surface area contributed by atoms with E-state index >= 15 is 0 Å². The van der Waals surface area contributed by atoms with Gasteiger partial charge in [0.1, 0.15) is 0 Å². The number of aromatic nitrogens is 2. The monoisotopic (exact) mass is 316 g/mol. The Morgan fingerprint density at radius 3 is 2.73 bits per heavy atom. The van der Waals surface area contributed by atoms with E-state index < -0.39 is 9.84 Å². The highest BCUT2D eigenvalue weighted by atomic mass is 32.2. The number of fused-ring (bicyclic) bond motifs is 3. The molecule has 0 spiro atoms. The molecule has 0 amide bonds. The molecular formula is C17H20N2O2S. The maximum Gasteiger partial charge on any atom is 0.155 e. The molecule has 5 heteroatoms. The van der Waals surface area contributed by atoms with Crippen LogP contribution in [0.3, 0.4) is 0 Å². The zero-order valence-corrected chi connectivity index (χ0v) is 13.3. The molecule has 1 saturated carbocycles. The van der Waals surface area contributed by atoms with Crippen molar-refractivity contribution in [3.05, 3.63) is 42.4 Å². The lowest BCUT2D eigenvalue weighted by molar-refractivity contribution is 0.479. The first-order chi connectivity index (χ1) is 10.7. The Morgan fingerprint density at radius 1 is 1.14 bits per heavy atom. The Hall–Kier alpha value is -1.62. The lowest BCUT2D eigenvalue weighted by atomic mass is 10.0. The molecule has 4 nitrogen and oxygen atoms in total. The zero-order chi connectivity index (χ0) is 15.2. The van der Waals surface area contributed by atoms with Crippen molar-refractivity contribution in [2.45, 2.75) is 43.4 Å². The Bertz CT molecular complexity index is 788. The van der Waals surface area contributed by atoms with Crippen LogP contribution in [0.2, 0.25) is 0 Å². The van der Waals surface area contributed by atoms with Gasteiger partial charge >= 0.3 is 0 Å². The largest absolute Gasteiger partial charge is 0.322 e. The first-order valence-corrected chi connectivity index (χ1v) is 9.71. The summed E-state index contributed by atoms with van der Waals surface area (Å²) in [7, 11) is -3.08. The molecule has 1 fully saturated rings. The second-order valence-electron chi connectivity index (χ2n) is 6.38. The summed E-state index contributed by atoms with van der Waals surface area (Å²) in [4.78, 5) is 4.20. The minimum atomic E-state index is -3.08. The van der Waals surface area contributed by atoms with E-state index in [1.165, 1.54) is 6.42 Å². The molecule has 2 aliphatic rings. The van der Waals surface area contributed by atoms with Crippen LogP contribution in [0.5, 0.6) is 0 Å². The minimum Gasteiger partial charge on any atom is -0.322 e. The normalized spacial score (nSPS) is 21.5. The Kier molecular flexibility index (Phi) is 3.33. The molecule has 4 rings (SSSR count). The van der Waals surface area contributed by atoms with Crippen molar-refractivity contribution in [3.63, 3.8) is 0 Å². The van der Waals surface area contributed by atoms with E-state index in [1.54, 1.807) is 6.33 Å². The maximum absolute atomic E-state index is 12.8. The number of sulfone groups is 1. The Morgan fingerprint density at radius 2 is 1.91 bits per heavy atom. The maximum atomic E-state index is 12.8. The fourth-order valence-electron chi connectivity index (χ4n) is 3.88. The van der Waals surface area contributed by atoms with Crippen molar-refractivity contribution < 1.29 is 8.42 Å². The van der Waals surface area contributed by atoms with Gasteiger partial charge in [0.2, 0.25) is 0 Å². The minimum absolute atomic E-state index is 0.124. The molecule has 1 aromatic heterocycles. The number of nitrogens with zero attached hydrogens (tertiary/aromatic N) is 2. The van der Waals surface area contributed by atoms with E-state index in [1.807, 2.05) is 29.0 Å². The van der Waals surface area contributed by atoms with E-state index in [-0.39, 0.29) is 17.0 Å². The van der Waals surface area contributed by atoms with Crippen LogP contribution in [0.1, 0.15) is 43.7 Å². The summed E-state index contributed by atoms with van der Waals surface area (Å²) < 4.78 is 27.7. The summed E-state index contributed by atoms with van der Waals surface area (Å²) in [5.74, 6) is 0.192. The molecular weight excluding hydrogens is 296 g/mol. The lowest BCUT2D eigenvalue weighted by Crippen LogP contribution is -2.30. The second-order valence-corrected chi connectivity index (χ2v) is 8.70. The second kappa shape index (κ2) is 5.23. The van der Waals surface area contributed by atoms with Crippen LogP contribution in [0.15, 0.2) is 36.8 Å². The molecule has 0 unspecified atom stereocenters. The van der Waals surface area contributed by atoms with Crippen molar-refractivity contribution in [2.24, 2.45) is 0 Å². The van der Waals surface area contributed by atoms with Gasteiger partial charge in [-0.05, 0) is 18.4 Å². The third-order valence-electron chi connectivity index (χ3n) is 5.05. The van der Waals surface area contributed by atoms with Gasteiger partial charge < -0.3 is 4.57 Å². The van der Waals surface area contributed by atoms with E-state index in [0.29, 0.717) is 0 Å². The van der Waals surface area contributed by atoms with E-state index in [2.05, 4.69) is 11.1 Å². The molecule has 2 aromatic rings. The quantitative estimate of drug-likeness (QED) is 0.874. The average Bonchev–Trinajstić information content (AvgIpc) is 3.12. The number of imidazole rings is 1. The van der Waals surface area contributed by atoms with Crippen molar-refractivity contribution in [2.75, 3.05) is 5.75 Å². The Balaban J connectivity index is 1.69. The van der Waals surface area contributed by atoms with Gasteiger partial charge in [-0.2, -0.15) is 0 Å². The van der Waals surface area contributed by atoms with Gasteiger partial charge in [0.05, 0.1) is 35.3 Å². The topological polar surface area (TPSA) is 52.0 Å². The Labute approximate surface area is 131 Å². The van der Waals surface area contributed by atoms with Gasteiger partial charge in [0.25, 0.3) is 0 Å². The first-order valence-electron chi connectivity index (χ1n) is 7.99. The zero-order valence-electron chi connectivity index (χ0n) is 12.5. The highest BCUT2D eigenvalue weighted by Gasteiger charge is 2.35. The summed E-state index contributed by atoms with van der Waals surface area (Å²) in [6, 6.07) is 7.95. The highest BCUT2D eigenvalue weighted by molar-refractivity contribution is 7.92. The van der Waals surface area contributed by atoms with E-state index in [0.717, 1.165) is 42.5 Å². The third-order valence-corrected chi connectivity index (χ3v) is 7.32. The molecule has 1 atom stereocenters. The number of rotatable bonds is 3. The van der Waals surface area contributed by atoms with E-state index in [9.17, 15) is 8.42 Å². The summed E-state index contributed by atoms with van der Waals surface area (Å²) in [6.45, 7) is 0. The molecule has 1 aliphatic heterocycles. The van der Waals surface area contributed by atoms with Crippen molar-refractivity contribution in [1.29, 1.82) is 0 Å². The highest BCUT2D eigenvalue weighted by Crippen LogP contribution is 2.40. The number of benzene rings is 1. The first kappa shape index (κ1) is 14.0. The van der Waals surface area contributed by atoms with Crippen LogP contribution in [-0.2, 0) is 9.84 Å². The molecule has 0 saturated heterocycles. The molecule has 116 valence electrons. The van der Waals surface area contributed by atoms with Crippen LogP contribution in [0.25, 0.3) is 11.3 Å². The van der Waals surface area contributed by atoms with Crippen molar-refractivity contribution in [1.82, 2.24) is 9.55 Å². The van der Waals surface area contributed by atoms with Crippen molar-refractivity contribution >= 4 is 9.84 Å². The van der Waals surface area contributed by atoms with Gasteiger partial charge in [-0.15, -0.1) is 0 Å². The standard InChI is InChI=1S/C17H20N2O2S/c20-22(21,13-6-2-1-3-7-13)11-17-15-9-5-4-8-14(15)16-10-18-12-19(16)17/h4-5,8-10,12-13,17H,1-3,6-7,11H2/t17-/m0/s1. The van der Waals surface area contributed by atoms with E-state index in [4.69, 9.17) is 0 Å². The van der Waals surface area contributed by atoms with Crippen LogP contribution in [0, 0.1) is 0 Å². The predicted octanol–water partition coefficient (Wildman–Crippen LogP) is 3.20. The SMILES string of the molecule is O=S(=O)(C[C@H]1c2ccccc2-c2cncn21)C1CCCCC1. The summed E-state index contributed by atoms with van der Waals surface area (Å²) in [5.41, 5.74) is 3.25. The van der Waals surface area contributed by atoms with Crippen LogP contribution in [-0.4, -0.2) is 29.0 Å². The lowest BCUT2D eigenvalue weighted by Gasteiger charge is -2.24. The van der Waals surface area contributed by atoms with Crippen LogP contribution < -0.4 is 0 Å². The molecule has 1 aromatic carbocycles. The number of hydrogen-bond donors (Lipinski definition) is 0. The molecule has 1 aliphatic carbocycles. The number of hydrogen-bond acceptors (Lipinski definition) is 3. The third kappa shape index (κ3) is 2.19. The fraction of sp³-hybridized carbons (Fsp3) is 0.471. The summed E-state index contributed by atoms with van der Waals surface area (Å²) >= 11 is 0. The predicted molar refractivity (Wildman–Crippen MR) is 86.5 cm³/mol. The molecule has 0 N–H and O–H groups in total. The van der Waals surface area contributed by atoms with Gasteiger partial charge in [0.15, 0.2) is 9.84 Å². The van der Waals surface area contributed by atoms with Crippen LogP contribution in [0.4, 0.5) is 0 Å². The van der Waals surface area contributed by atoms with Gasteiger partial charge in [-0.25, -0.2) is 13.4 Å². The van der Waals surface area contributed by atoms with Gasteiger partial charge in [0, 0.05) is 5.56 Å². The molecule has 22 heavy (non-hydrogen) atoms. The smallest absolute Gasteiger partial charge is 0.155 e. The summed E-state index contributed by atoms with van der Waals surface area (Å²) in [6.07, 6.45) is 8.50. The average molecular weight is 316 g/mol.